The molecule has 2 aromatic rings. The molecule has 0 aliphatic carbocycles. The molecule has 1 aliphatic rings. The smallest absolute Gasteiger partial charge is 0.238 e. The summed E-state index contributed by atoms with van der Waals surface area (Å²) in [6.45, 7) is 0.400. The van der Waals surface area contributed by atoms with E-state index < -0.39 is 16.1 Å². The van der Waals surface area contributed by atoms with E-state index in [0.717, 1.165) is 17.2 Å². The first kappa shape index (κ1) is 16.9. The molecular weight excluding hydrogens is 332 g/mol. The summed E-state index contributed by atoms with van der Waals surface area (Å²) in [5, 5.41) is 3.71. The van der Waals surface area contributed by atoms with E-state index in [1.165, 1.54) is 11.4 Å². The van der Waals surface area contributed by atoms with Crippen molar-refractivity contribution in [2.75, 3.05) is 19.9 Å². The average Bonchev–Trinajstić information content (AvgIpc) is 3.15. The van der Waals surface area contributed by atoms with Crippen LogP contribution in [0.25, 0.3) is 11.0 Å². The maximum absolute atomic E-state index is 12.4. The molecule has 1 N–H and O–H groups in total. The van der Waals surface area contributed by atoms with Crippen molar-refractivity contribution in [2.45, 2.75) is 25.1 Å². The fourth-order valence-electron chi connectivity index (χ4n) is 2.96. The number of carbonyl (C=O) groups is 1. The molecule has 1 amide bonds. The zero-order chi connectivity index (χ0) is 17.3. The van der Waals surface area contributed by atoms with Gasteiger partial charge in [0.1, 0.15) is 17.4 Å². The Hall–Kier alpha value is -1.90. The molecule has 0 radical (unpaired) electrons. The molecule has 24 heavy (non-hydrogen) atoms. The van der Waals surface area contributed by atoms with Crippen LogP contribution >= 0.6 is 0 Å². The second-order valence-electron chi connectivity index (χ2n) is 5.91. The molecule has 2 heterocycles. The van der Waals surface area contributed by atoms with Gasteiger partial charge >= 0.3 is 0 Å². The van der Waals surface area contributed by atoms with Crippen LogP contribution in [-0.2, 0) is 26.1 Å². The van der Waals surface area contributed by atoms with Gasteiger partial charge in [-0.15, -0.1) is 0 Å². The number of hydrogen-bond donors (Lipinski definition) is 1. The Bertz CT molecular complexity index is 812. The maximum Gasteiger partial charge on any atom is 0.238 e. The van der Waals surface area contributed by atoms with Crippen LogP contribution in [-0.4, -0.2) is 50.7 Å². The zero-order valence-corrected chi connectivity index (χ0v) is 14.4. The second-order valence-corrected chi connectivity index (χ2v) is 7.85. The molecule has 1 fully saturated rings. The van der Waals surface area contributed by atoms with Gasteiger partial charge in [0.15, 0.2) is 0 Å². The Morgan fingerprint density at radius 1 is 1.42 bits per heavy atom. The van der Waals surface area contributed by atoms with Crippen molar-refractivity contribution >= 4 is 26.9 Å². The number of ether oxygens (including phenoxy) is 1. The molecule has 3 rings (SSSR count). The first-order valence-electron chi connectivity index (χ1n) is 7.63. The Morgan fingerprint density at radius 2 is 2.17 bits per heavy atom. The number of sulfonamides is 1. The maximum atomic E-state index is 12.4. The van der Waals surface area contributed by atoms with Crippen molar-refractivity contribution in [2.24, 2.45) is 0 Å². The number of nitrogens with zero attached hydrogens (tertiary/aromatic N) is 1. The normalized spacial score (nSPS) is 22.1. The standard InChI is InChI=1S/C16H20N2O5S/c1-22-13-8-14(18(10-13)24(2,20)21)16(19)17-9-12-7-11-5-3-4-6-15(11)23-12/h3-7,13-14H,8-10H2,1-2H3,(H,17,19)/t13-,14+/m0/s1. The number of hydrogen-bond acceptors (Lipinski definition) is 5. The largest absolute Gasteiger partial charge is 0.459 e. The molecule has 1 saturated heterocycles. The summed E-state index contributed by atoms with van der Waals surface area (Å²) in [6, 6.07) is 8.67. The van der Waals surface area contributed by atoms with Crippen LogP contribution in [0.5, 0.6) is 0 Å². The zero-order valence-electron chi connectivity index (χ0n) is 13.6. The summed E-state index contributed by atoms with van der Waals surface area (Å²) in [4.78, 5) is 12.4. The Balaban J connectivity index is 1.69. The summed E-state index contributed by atoms with van der Waals surface area (Å²) in [5.74, 6) is 0.275. The highest BCUT2D eigenvalue weighted by Gasteiger charge is 2.41. The molecule has 7 nitrogen and oxygen atoms in total. The highest BCUT2D eigenvalue weighted by atomic mass is 32.2. The van der Waals surface area contributed by atoms with E-state index in [-0.39, 0.29) is 25.1 Å². The molecule has 0 unspecified atom stereocenters. The van der Waals surface area contributed by atoms with Gasteiger partial charge in [0.25, 0.3) is 0 Å². The minimum Gasteiger partial charge on any atom is -0.459 e. The third-order valence-corrected chi connectivity index (χ3v) is 5.45. The van der Waals surface area contributed by atoms with Crippen molar-refractivity contribution in [3.8, 4) is 0 Å². The first-order chi connectivity index (χ1) is 11.4. The molecule has 0 bridgehead atoms. The molecular formula is C16H20N2O5S. The lowest BCUT2D eigenvalue weighted by Gasteiger charge is -2.20. The molecule has 0 spiro atoms. The number of furan rings is 1. The summed E-state index contributed by atoms with van der Waals surface area (Å²) in [5.41, 5.74) is 0.750. The minimum absolute atomic E-state index is 0.193. The van der Waals surface area contributed by atoms with Gasteiger partial charge in [-0.05, 0) is 12.1 Å². The predicted molar refractivity (Wildman–Crippen MR) is 88.8 cm³/mol. The topological polar surface area (TPSA) is 88.8 Å². The van der Waals surface area contributed by atoms with Crippen molar-refractivity contribution in [3.63, 3.8) is 0 Å². The van der Waals surface area contributed by atoms with Gasteiger partial charge in [-0.25, -0.2) is 8.42 Å². The Kier molecular flexibility index (Phi) is 4.62. The number of rotatable bonds is 5. The number of fused-ring (bicyclic) bond motifs is 1. The Morgan fingerprint density at radius 3 is 2.83 bits per heavy atom. The first-order valence-corrected chi connectivity index (χ1v) is 9.48. The molecule has 0 saturated carbocycles. The number of amides is 1. The van der Waals surface area contributed by atoms with Gasteiger partial charge in [0.2, 0.25) is 15.9 Å². The molecule has 2 atom stereocenters. The van der Waals surface area contributed by atoms with Crippen LogP contribution < -0.4 is 5.32 Å². The SMILES string of the molecule is CO[C@H]1C[C@H](C(=O)NCc2cc3ccccc3o2)N(S(C)(=O)=O)C1. The van der Waals surface area contributed by atoms with E-state index in [4.69, 9.17) is 9.15 Å². The van der Waals surface area contributed by atoms with Gasteiger partial charge in [0, 0.05) is 25.5 Å². The summed E-state index contributed by atoms with van der Waals surface area (Å²) in [7, 11) is -1.96. The monoisotopic (exact) mass is 352 g/mol. The van der Waals surface area contributed by atoms with Crippen LogP contribution in [0.3, 0.4) is 0 Å². The highest BCUT2D eigenvalue weighted by Crippen LogP contribution is 2.23. The van der Waals surface area contributed by atoms with Gasteiger partial charge in [-0.1, -0.05) is 18.2 Å². The lowest BCUT2D eigenvalue weighted by atomic mass is 10.2. The Labute approximate surface area is 140 Å². The fraction of sp³-hybridized carbons (Fsp3) is 0.438. The second kappa shape index (κ2) is 6.54. The summed E-state index contributed by atoms with van der Waals surface area (Å²) in [6.07, 6.45) is 1.17. The quantitative estimate of drug-likeness (QED) is 0.870. The third kappa shape index (κ3) is 3.45. The molecule has 1 aromatic carbocycles. The number of benzene rings is 1. The van der Waals surface area contributed by atoms with Crippen LogP contribution in [0.4, 0.5) is 0 Å². The number of methoxy groups -OCH3 is 1. The van der Waals surface area contributed by atoms with Crippen molar-refractivity contribution < 1.29 is 22.4 Å². The molecule has 1 aliphatic heterocycles. The van der Waals surface area contributed by atoms with E-state index in [0.29, 0.717) is 12.2 Å². The fourth-order valence-corrected chi connectivity index (χ4v) is 4.04. The van der Waals surface area contributed by atoms with Crippen LogP contribution in [0.15, 0.2) is 34.7 Å². The number of carbonyl (C=O) groups excluding carboxylic acids is 1. The molecule has 8 heteroatoms. The predicted octanol–water partition coefficient (Wildman–Crippen LogP) is 1.10. The van der Waals surface area contributed by atoms with Gasteiger partial charge in [-0.3, -0.25) is 4.79 Å². The van der Waals surface area contributed by atoms with Crippen molar-refractivity contribution in [1.29, 1.82) is 0 Å². The van der Waals surface area contributed by atoms with Gasteiger partial charge in [0.05, 0.1) is 18.9 Å². The van der Waals surface area contributed by atoms with Gasteiger partial charge < -0.3 is 14.5 Å². The van der Waals surface area contributed by atoms with E-state index in [1.807, 2.05) is 30.3 Å². The average molecular weight is 352 g/mol. The minimum atomic E-state index is -3.47. The van der Waals surface area contributed by atoms with Crippen LogP contribution in [0.2, 0.25) is 0 Å². The number of para-hydroxylation sites is 1. The van der Waals surface area contributed by atoms with Crippen LogP contribution in [0.1, 0.15) is 12.2 Å². The van der Waals surface area contributed by atoms with Crippen molar-refractivity contribution in [3.05, 3.63) is 36.1 Å². The molecule has 1 aromatic heterocycles. The third-order valence-electron chi connectivity index (χ3n) is 4.19. The summed E-state index contributed by atoms with van der Waals surface area (Å²) >= 11 is 0. The van der Waals surface area contributed by atoms with E-state index in [9.17, 15) is 13.2 Å². The lowest BCUT2D eigenvalue weighted by molar-refractivity contribution is -0.124. The summed E-state index contributed by atoms with van der Waals surface area (Å²) < 4.78 is 35.8. The van der Waals surface area contributed by atoms with Crippen LogP contribution in [0, 0.1) is 0 Å². The van der Waals surface area contributed by atoms with Crippen molar-refractivity contribution in [1.82, 2.24) is 9.62 Å². The van der Waals surface area contributed by atoms with E-state index >= 15 is 0 Å². The van der Waals surface area contributed by atoms with E-state index in [1.54, 1.807) is 0 Å². The number of nitrogens with one attached hydrogen (secondary N) is 1. The molecule has 130 valence electrons. The van der Waals surface area contributed by atoms with Gasteiger partial charge in [-0.2, -0.15) is 4.31 Å². The highest BCUT2D eigenvalue weighted by molar-refractivity contribution is 7.88. The van der Waals surface area contributed by atoms with E-state index in [2.05, 4.69) is 5.32 Å². The lowest BCUT2D eigenvalue weighted by Crippen LogP contribution is -2.45.